The molecule has 1 heterocycles. The quantitative estimate of drug-likeness (QED) is 0.845. The largest absolute Gasteiger partial charge is 0.377 e. The van der Waals surface area contributed by atoms with Crippen LogP contribution in [0.1, 0.15) is 25.3 Å². The molecule has 1 saturated heterocycles. The smallest absolute Gasteiger partial charge is 0.140 e. The van der Waals surface area contributed by atoms with Crippen LogP contribution in [0.25, 0.3) is 0 Å². The average molecular weight is 287 g/mol. The van der Waals surface area contributed by atoms with Crippen LogP contribution in [0.4, 0.5) is 8.78 Å². The summed E-state index contributed by atoms with van der Waals surface area (Å²) in [6, 6.07) is 2.65. The van der Waals surface area contributed by atoms with Crippen LogP contribution in [0.2, 0.25) is 0 Å². The Morgan fingerprint density at radius 2 is 2.11 bits per heavy atom. The highest BCUT2D eigenvalue weighted by atomic mass is 32.2. The van der Waals surface area contributed by atoms with Gasteiger partial charge in [0.2, 0.25) is 0 Å². The van der Waals surface area contributed by atoms with Crippen molar-refractivity contribution in [3.63, 3.8) is 0 Å². The van der Waals surface area contributed by atoms with Gasteiger partial charge >= 0.3 is 0 Å². The molecule has 2 atom stereocenters. The molecule has 0 aliphatic carbocycles. The van der Waals surface area contributed by atoms with Gasteiger partial charge in [-0.25, -0.2) is 8.78 Å². The maximum atomic E-state index is 13.9. The first-order chi connectivity index (χ1) is 9.06. The van der Waals surface area contributed by atoms with Gasteiger partial charge in [-0.15, -0.1) is 11.8 Å². The Labute approximate surface area is 116 Å². The molecule has 1 aliphatic heterocycles. The lowest BCUT2D eigenvalue weighted by Gasteiger charge is -2.12. The molecule has 1 aromatic rings. The Morgan fingerprint density at radius 1 is 1.42 bits per heavy atom. The molecule has 0 radical (unpaired) electrons. The van der Waals surface area contributed by atoms with Crippen molar-refractivity contribution in [1.82, 2.24) is 0 Å². The van der Waals surface area contributed by atoms with Gasteiger partial charge in [0.1, 0.15) is 11.6 Å². The van der Waals surface area contributed by atoms with E-state index < -0.39 is 11.6 Å². The van der Waals surface area contributed by atoms with E-state index in [9.17, 15) is 8.78 Å². The molecule has 0 spiro atoms. The van der Waals surface area contributed by atoms with Gasteiger partial charge in [0.25, 0.3) is 0 Å². The van der Waals surface area contributed by atoms with Crippen LogP contribution in [0.15, 0.2) is 17.0 Å². The summed E-state index contributed by atoms with van der Waals surface area (Å²) < 4.78 is 33.2. The van der Waals surface area contributed by atoms with Crippen LogP contribution < -0.4 is 5.73 Å². The van der Waals surface area contributed by atoms with Crippen molar-refractivity contribution in [3.05, 3.63) is 29.3 Å². The van der Waals surface area contributed by atoms with Crippen LogP contribution in [0.3, 0.4) is 0 Å². The van der Waals surface area contributed by atoms with E-state index in [1.165, 1.54) is 23.9 Å². The average Bonchev–Trinajstić information content (AvgIpc) is 2.79. The molecule has 0 bridgehead atoms. The Balaban J connectivity index is 2.03. The lowest BCUT2D eigenvalue weighted by Crippen LogP contribution is -2.18. The number of ether oxygens (including phenoxy) is 1. The minimum Gasteiger partial charge on any atom is -0.377 e. The fraction of sp³-hybridized carbons (Fsp3) is 0.571. The van der Waals surface area contributed by atoms with Gasteiger partial charge in [0, 0.05) is 18.4 Å². The molecule has 2 rings (SSSR count). The van der Waals surface area contributed by atoms with E-state index in [2.05, 4.69) is 0 Å². The van der Waals surface area contributed by atoms with Crippen LogP contribution in [0, 0.1) is 11.6 Å². The van der Waals surface area contributed by atoms with Gasteiger partial charge in [-0.05, 0) is 43.9 Å². The third-order valence-corrected chi connectivity index (χ3v) is 4.27. The van der Waals surface area contributed by atoms with E-state index in [1.807, 2.05) is 6.92 Å². The van der Waals surface area contributed by atoms with Gasteiger partial charge in [0.15, 0.2) is 0 Å². The normalized spacial score (nSPS) is 20.7. The summed E-state index contributed by atoms with van der Waals surface area (Å²) in [7, 11) is 0. The molecule has 2 unspecified atom stereocenters. The van der Waals surface area contributed by atoms with E-state index in [-0.39, 0.29) is 17.0 Å². The lowest BCUT2D eigenvalue weighted by molar-refractivity contribution is 0.129. The minimum absolute atomic E-state index is 0.0870. The zero-order valence-corrected chi connectivity index (χ0v) is 11.8. The first-order valence-electron chi connectivity index (χ1n) is 6.54. The van der Waals surface area contributed by atoms with E-state index in [0.717, 1.165) is 19.4 Å². The van der Waals surface area contributed by atoms with Crippen LogP contribution in [-0.2, 0) is 11.2 Å². The highest BCUT2D eigenvalue weighted by molar-refractivity contribution is 7.99. The van der Waals surface area contributed by atoms with Crippen molar-refractivity contribution in [2.75, 3.05) is 12.4 Å². The first kappa shape index (κ1) is 14.8. The topological polar surface area (TPSA) is 35.2 Å². The fourth-order valence-electron chi connectivity index (χ4n) is 2.19. The second-order valence-electron chi connectivity index (χ2n) is 5.02. The van der Waals surface area contributed by atoms with Crippen LogP contribution >= 0.6 is 11.8 Å². The highest BCUT2D eigenvalue weighted by Crippen LogP contribution is 2.29. The molecule has 1 fully saturated rings. The summed E-state index contributed by atoms with van der Waals surface area (Å²) >= 11 is 1.19. The second kappa shape index (κ2) is 6.68. The van der Waals surface area contributed by atoms with E-state index >= 15 is 0 Å². The zero-order chi connectivity index (χ0) is 13.8. The molecular formula is C14H19F2NOS. The molecule has 106 valence electrons. The van der Waals surface area contributed by atoms with E-state index in [0.29, 0.717) is 17.7 Å². The molecular weight excluding hydrogens is 268 g/mol. The Bertz CT molecular complexity index is 410. The van der Waals surface area contributed by atoms with Crippen molar-refractivity contribution in [2.24, 2.45) is 5.73 Å². The standard InChI is InChI=1S/C14H19F2NOS/c1-9(17)5-10-6-12(15)14(13(16)7-10)19-8-11-3-2-4-18-11/h6-7,9,11H,2-5,8,17H2,1H3. The maximum Gasteiger partial charge on any atom is 0.140 e. The van der Waals surface area contributed by atoms with Gasteiger partial charge in [-0.1, -0.05) is 0 Å². The predicted octanol–water partition coefficient (Wildman–Crippen LogP) is 3.13. The van der Waals surface area contributed by atoms with Gasteiger partial charge < -0.3 is 10.5 Å². The molecule has 1 aromatic carbocycles. The molecule has 1 aliphatic rings. The third-order valence-electron chi connectivity index (χ3n) is 3.05. The summed E-state index contributed by atoms with van der Waals surface area (Å²) in [6.45, 7) is 2.57. The predicted molar refractivity (Wildman–Crippen MR) is 73.4 cm³/mol. The zero-order valence-electron chi connectivity index (χ0n) is 11.0. The van der Waals surface area contributed by atoms with Gasteiger partial charge in [-0.3, -0.25) is 0 Å². The highest BCUT2D eigenvalue weighted by Gasteiger charge is 2.19. The van der Waals surface area contributed by atoms with Crippen molar-refractivity contribution in [2.45, 2.75) is 43.2 Å². The van der Waals surface area contributed by atoms with E-state index in [4.69, 9.17) is 10.5 Å². The second-order valence-corrected chi connectivity index (χ2v) is 6.05. The summed E-state index contributed by atoms with van der Waals surface area (Å²) in [6.07, 6.45) is 2.60. The molecule has 0 saturated carbocycles. The van der Waals surface area contributed by atoms with Crippen LogP contribution in [0.5, 0.6) is 0 Å². The summed E-state index contributed by atoms with van der Waals surface area (Å²) in [5.74, 6) is -0.405. The van der Waals surface area contributed by atoms with E-state index in [1.54, 1.807) is 0 Å². The van der Waals surface area contributed by atoms with Crippen molar-refractivity contribution < 1.29 is 13.5 Å². The number of nitrogens with two attached hydrogens (primary N) is 1. The molecule has 2 nitrogen and oxygen atoms in total. The summed E-state index contributed by atoms with van der Waals surface area (Å²) in [4.78, 5) is 0.0870. The summed E-state index contributed by atoms with van der Waals surface area (Å²) in [5, 5.41) is 0. The van der Waals surface area contributed by atoms with Crippen molar-refractivity contribution in [3.8, 4) is 0 Å². The molecule has 19 heavy (non-hydrogen) atoms. The number of halogens is 2. The van der Waals surface area contributed by atoms with Crippen molar-refractivity contribution >= 4 is 11.8 Å². The third kappa shape index (κ3) is 4.16. The Morgan fingerprint density at radius 3 is 2.63 bits per heavy atom. The number of hydrogen-bond donors (Lipinski definition) is 1. The number of thioether (sulfide) groups is 1. The SMILES string of the molecule is CC(N)Cc1cc(F)c(SCC2CCCO2)c(F)c1. The Hall–Kier alpha value is -0.650. The van der Waals surface area contributed by atoms with Crippen molar-refractivity contribution in [1.29, 1.82) is 0 Å². The maximum absolute atomic E-state index is 13.9. The minimum atomic E-state index is -0.501. The lowest BCUT2D eigenvalue weighted by atomic mass is 10.1. The first-order valence-corrected chi connectivity index (χ1v) is 7.52. The van der Waals surface area contributed by atoms with Crippen LogP contribution in [-0.4, -0.2) is 24.5 Å². The Kier molecular flexibility index (Phi) is 5.19. The fourth-order valence-corrected chi connectivity index (χ4v) is 3.20. The van der Waals surface area contributed by atoms with Gasteiger partial charge in [-0.2, -0.15) is 0 Å². The molecule has 0 amide bonds. The molecule has 0 aromatic heterocycles. The number of rotatable bonds is 5. The number of hydrogen-bond acceptors (Lipinski definition) is 3. The monoisotopic (exact) mass is 287 g/mol. The molecule has 5 heteroatoms. The van der Waals surface area contributed by atoms with Gasteiger partial charge in [0.05, 0.1) is 11.0 Å². The molecule has 2 N–H and O–H groups in total. The number of benzene rings is 1. The summed E-state index contributed by atoms with van der Waals surface area (Å²) in [5.41, 5.74) is 6.24.